The van der Waals surface area contributed by atoms with Crippen LogP contribution in [-0.4, -0.2) is 47.2 Å². The van der Waals surface area contributed by atoms with E-state index in [1.807, 2.05) is 6.92 Å². The molecule has 2 N–H and O–H groups in total. The maximum atomic E-state index is 12.8. The summed E-state index contributed by atoms with van der Waals surface area (Å²) in [6.07, 6.45) is 3.85. The summed E-state index contributed by atoms with van der Waals surface area (Å²) in [6.45, 7) is 3.11. The van der Waals surface area contributed by atoms with Crippen LogP contribution < -0.4 is 11.3 Å². The monoisotopic (exact) mass is 408 g/mol. The number of aromatic nitrogens is 2. The second-order valence-corrected chi connectivity index (χ2v) is 7.33. The van der Waals surface area contributed by atoms with Crippen LogP contribution >= 0.6 is 11.6 Å². The summed E-state index contributed by atoms with van der Waals surface area (Å²) in [4.78, 5) is 31.8. The Hall–Kier alpha value is -1.96. The van der Waals surface area contributed by atoms with Crippen LogP contribution in [0.15, 0.2) is 23.0 Å². The van der Waals surface area contributed by atoms with Gasteiger partial charge in [0.25, 0.3) is 5.56 Å². The fraction of sp³-hybridized carbons (Fsp3) is 0.550. The number of fused-ring (bicyclic) bond motifs is 1. The highest BCUT2D eigenvalue weighted by Crippen LogP contribution is 2.22. The van der Waals surface area contributed by atoms with Crippen molar-refractivity contribution in [2.24, 2.45) is 12.8 Å². The fourth-order valence-electron chi connectivity index (χ4n) is 3.30. The van der Waals surface area contributed by atoms with E-state index in [-0.39, 0.29) is 24.1 Å². The summed E-state index contributed by atoms with van der Waals surface area (Å²) in [5.41, 5.74) is 5.90. The van der Waals surface area contributed by atoms with E-state index in [1.165, 1.54) is 11.7 Å². The molecule has 0 bridgehead atoms. The number of ether oxygens (including phenoxy) is 1. The van der Waals surface area contributed by atoms with Gasteiger partial charge in [-0.2, -0.15) is 0 Å². The van der Waals surface area contributed by atoms with Crippen molar-refractivity contribution < 1.29 is 9.53 Å². The molecule has 1 atom stereocenters. The molecule has 1 heterocycles. The molecule has 1 aromatic carbocycles. The minimum atomic E-state index is -0.377. The van der Waals surface area contributed by atoms with Gasteiger partial charge in [-0.3, -0.25) is 14.2 Å². The smallest absolute Gasteiger partial charge is 0.261 e. The van der Waals surface area contributed by atoms with Crippen molar-refractivity contribution in [1.29, 1.82) is 0 Å². The van der Waals surface area contributed by atoms with Crippen molar-refractivity contribution >= 4 is 28.4 Å². The van der Waals surface area contributed by atoms with Crippen molar-refractivity contribution in [3.05, 3.63) is 39.4 Å². The number of halogens is 1. The zero-order chi connectivity index (χ0) is 20.7. The van der Waals surface area contributed by atoms with Gasteiger partial charge in [-0.05, 0) is 44.5 Å². The van der Waals surface area contributed by atoms with Crippen LogP contribution in [0.5, 0.6) is 0 Å². The molecule has 0 aliphatic rings. The van der Waals surface area contributed by atoms with Crippen molar-refractivity contribution in [3.8, 4) is 0 Å². The zero-order valence-electron chi connectivity index (χ0n) is 16.8. The minimum Gasteiger partial charge on any atom is -0.375 e. The Labute approximate surface area is 170 Å². The van der Waals surface area contributed by atoms with Crippen LogP contribution in [0.25, 0.3) is 10.9 Å². The van der Waals surface area contributed by atoms with Gasteiger partial charge in [0.1, 0.15) is 12.4 Å². The Morgan fingerprint density at radius 3 is 2.71 bits per heavy atom. The molecule has 1 amide bonds. The molecule has 28 heavy (non-hydrogen) atoms. The molecular formula is C20H29ClN4O3. The lowest BCUT2D eigenvalue weighted by atomic mass is 10.1. The highest BCUT2D eigenvalue weighted by atomic mass is 35.5. The van der Waals surface area contributed by atoms with Gasteiger partial charge in [0.15, 0.2) is 0 Å². The minimum absolute atomic E-state index is 0.0134. The Morgan fingerprint density at radius 2 is 2.04 bits per heavy atom. The summed E-state index contributed by atoms with van der Waals surface area (Å²) in [6, 6.07) is 4.64. The quantitative estimate of drug-likeness (QED) is 0.610. The normalized spacial score (nSPS) is 12.3. The molecule has 7 nitrogen and oxygen atoms in total. The number of unbranched alkanes of at least 4 members (excludes halogenated alkanes) is 3. The molecule has 8 heteroatoms. The second-order valence-electron chi connectivity index (χ2n) is 6.89. The van der Waals surface area contributed by atoms with Crippen molar-refractivity contribution in [3.63, 3.8) is 0 Å². The van der Waals surface area contributed by atoms with Crippen LogP contribution in [0.4, 0.5) is 0 Å². The molecule has 0 aliphatic heterocycles. The van der Waals surface area contributed by atoms with E-state index >= 15 is 0 Å². The molecule has 0 saturated heterocycles. The van der Waals surface area contributed by atoms with E-state index in [1.54, 1.807) is 30.1 Å². The molecule has 1 aromatic heterocycles. The SMILES string of the molecule is COCC(=O)N(CCCCCCN)[C@@H](C)c1nc2cc(Cl)ccc2c(=O)n1C. The number of nitrogens with zero attached hydrogens (tertiary/aromatic N) is 3. The number of carbonyl (C=O) groups excluding carboxylic acids is 1. The first-order chi connectivity index (χ1) is 13.4. The van der Waals surface area contributed by atoms with Crippen LogP contribution in [0.1, 0.15) is 44.5 Å². The van der Waals surface area contributed by atoms with Crippen LogP contribution in [-0.2, 0) is 16.6 Å². The molecule has 0 saturated carbocycles. The maximum Gasteiger partial charge on any atom is 0.261 e. The maximum absolute atomic E-state index is 12.8. The van der Waals surface area contributed by atoms with Gasteiger partial charge >= 0.3 is 0 Å². The Kier molecular flexibility index (Phi) is 8.41. The lowest BCUT2D eigenvalue weighted by Gasteiger charge is -2.30. The lowest BCUT2D eigenvalue weighted by Crippen LogP contribution is -2.39. The van der Waals surface area contributed by atoms with Crippen LogP contribution in [0.2, 0.25) is 5.02 Å². The molecule has 2 rings (SSSR count). The van der Waals surface area contributed by atoms with E-state index < -0.39 is 0 Å². The van der Waals surface area contributed by atoms with E-state index in [4.69, 9.17) is 22.1 Å². The third kappa shape index (κ3) is 5.31. The van der Waals surface area contributed by atoms with Gasteiger partial charge in [-0.25, -0.2) is 4.98 Å². The van der Waals surface area contributed by atoms with E-state index in [0.29, 0.717) is 34.8 Å². The largest absolute Gasteiger partial charge is 0.375 e. The molecule has 0 spiro atoms. The van der Waals surface area contributed by atoms with Crippen LogP contribution in [0.3, 0.4) is 0 Å². The van der Waals surface area contributed by atoms with E-state index in [9.17, 15) is 9.59 Å². The first kappa shape index (κ1) is 22.3. The average Bonchev–Trinajstić information content (AvgIpc) is 2.67. The third-order valence-electron chi connectivity index (χ3n) is 4.86. The van der Waals surface area contributed by atoms with Gasteiger partial charge in [0.05, 0.1) is 16.9 Å². The summed E-state index contributed by atoms with van der Waals surface area (Å²) < 4.78 is 6.54. The highest BCUT2D eigenvalue weighted by molar-refractivity contribution is 6.31. The van der Waals surface area contributed by atoms with Crippen molar-refractivity contribution in [2.45, 2.75) is 38.6 Å². The Morgan fingerprint density at radius 1 is 1.32 bits per heavy atom. The summed E-state index contributed by atoms with van der Waals surface area (Å²) in [7, 11) is 3.17. The van der Waals surface area contributed by atoms with Crippen LogP contribution in [0, 0.1) is 0 Å². The summed E-state index contributed by atoms with van der Waals surface area (Å²) in [5.74, 6) is 0.389. The topological polar surface area (TPSA) is 90.5 Å². The number of amides is 1. The Bertz CT molecular complexity index is 868. The number of hydrogen-bond acceptors (Lipinski definition) is 5. The number of nitrogens with two attached hydrogens (primary N) is 1. The van der Waals surface area contributed by atoms with Crippen molar-refractivity contribution in [1.82, 2.24) is 14.5 Å². The van der Waals surface area contributed by atoms with Gasteiger partial charge in [0.2, 0.25) is 5.91 Å². The standard InChI is InChI=1S/C20H29ClN4O3/c1-14(25(18(26)13-28-3)11-7-5-4-6-10-22)19-23-17-12-15(21)8-9-16(17)20(27)24(19)2/h8-9,12,14H,4-7,10-11,13,22H2,1-3H3/t14-/m0/s1. The molecule has 0 radical (unpaired) electrons. The zero-order valence-corrected chi connectivity index (χ0v) is 17.5. The van der Waals surface area contributed by atoms with Gasteiger partial charge < -0.3 is 15.4 Å². The van der Waals surface area contributed by atoms with E-state index in [2.05, 4.69) is 4.98 Å². The predicted molar refractivity (Wildman–Crippen MR) is 112 cm³/mol. The van der Waals surface area contributed by atoms with Gasteiger partial charge in [0, 0.05) is 25.7 Å². The van der Waals surface area contributed by atoms with E-state index in [0.717, 1.165) is 25.7 Å². The second kappa shape index (κ2) is 10.5. The molecule has 0 unspecified atom stereocenters. The molecule has 0 fully saturated rings. The molecule has 0 aliphatic carbocycles. The number of rotatable bonds is 10. The predicted octanol–water partition coefficient (Wildman–Crippen LogP) is 2.64. The van der Waals surface area contributed by atoms with Gasteiger partial charge in [-0.1, -0.05) is 24.4 Å². The molecule has 2 aromatic rings. The first-order valence-electron chi connectivity index (χ1n) is 9.55. The highest BCUT2D eigenvalue weighted by Gasteiger charge is 2.25. The number of benzene rings is 1. The number of methoxy groups -OCH3 is 1. The lowest BCUT2D eigenvalue weighted by molar-refractivity contribution is -0.137. The number of carbonyl (C=O) groups is 1. The first-order valence-corrected chi connectivity index (χ1v) is 9.93. The molecular weight excluding hydrogens is 380 g/mol. The summed E-state index contributed by atoms with van der Waals surface area (Å²) in [5, 5.41) is 1.01. The van der Waals surface area contributed by atoms with Crippen molar-refractivity contribution in [2.75, 3.05) is 26.8 Å². The molecule has 154 valence electrons. The average molecular weight is 409 g/mol. The van der Waals surface area contributed by atoms with Gasteiger partial charge in [-0.15, -0.1) is 0 Å². The third-order valence-corrected chi connectivity index (χ3v) is 5.09. The Balaban J connectivity index is 2.33. The number of hydrogen-bond donors (Lipinski definition) is 1. The fourth-order valence-corrected chi connectivity index (χ4v) is 3.46. The summed E-state index contributed by atoms with van der Waals surface area (Å²) >= 11 is 6.07.